The second-order valence-corrected chi connectivity index (χ2v) is 9.60. The molecule has 0 heterocycles. The van der Waals surface area contributed by atoms with Crippen molar-refractivity contribution in [2.75, 3.05) is 6.61 Å². The third-order valence-corrected chi connectivity index (χ3v) is 5.22. The van der Waals surface area contributed by atoms with Gasteiger partial charge >= 0.3 is 160 Å². The molecular formula is C21H31O2Ti. The van der Waals surface area contributed by atoms with Gasteiger partial charge in [0.2, 0.25) is 0 Å². The summed E-state index contributed by atoms with van der Waals surface area (Å²) < 4.78 is 14.1. The van der Waals surface area contributed by atoms with E-state index in [1.807, 2.05) is 6.92 Å². The van der Waals surface area contributed by atoms with E-state index in [9.17, 15) is 0 Å². The Hall–Kier alpha value is -0.566. The van der Waals surface area contributed by atoms with E-state index in [0.29, 0.717) is 6.61 Å². The van der Waals surface area contributed by atoms with Gasteiger partial charge in [0.05, 0.1) is 0 Å². The molecule has 0 aromatic rings. The monoisotopic (exact) mass is 363 g/mol. The van der Waals surface area contributed by atoms with Crippen molar-refractivity contribution in [1.29, 1.82) is 0 Å². The first-order chi connectivity index (χ1) is 11.0. The standard InChI is InChI=1S/C21H31O2.Ti/c1-8-22-21(23-17-11-9-10-12-17)14-13-16(19(2,3)4)15-18(21)20(5,6)7;/h9,11,13,15H,8,10,14H2,1-7H3;. The van der Waals surface area contributed by atoms with Crippen LogP contribution in [0.25, 0.3) is 0 Å². The summed E-state index contributed by atoms with van der Waals surface area (Å²) in [5.74, 6) is 0.263. The molecule has 0 aromatic carbocycles. The molecule has 3 heteroatoms. The van der Waals surface area contributed by atoms with Crippen LogP contribution in [0, 0.1) is 10.8 Å². The van der Waals surface area contributed by atoms with E-state index in [-0.39, 0.29) is 10.8 Å². The van der Waals surface area contributed by atoms with E-state index in [1.165, 1.54) is 15.0 Å². The van der Waals surface area contributed by atoms with Gasteiger partial charge in [-0.3, -0.25) is 0 Å². The first-order valence-electron chi connectivity index (χ1n) is 8.87. The molecule has 24 heavy (non-hydrogen) atoms. The zero-order valence-corrected chi connectivity index (χ0v) is 17.8. The summed E-state index contributed by atoms with van der Waals surface area (Å²) in [5.41, 5.74) is 2.68. The van der Waals surface area contributed by atoms with Crippen molar-refractivity contribution in [2.24, 2.45) is 10.8 Å². The Balaban J connectivity index is 2.50. The van der Waals surface area contributed by atoms with Gasteiger partial charge in [-0.15, -0.1) is 0 Å². The summed E-state index contributed by atoms with van der Waals surface area (Å²) in [7, 11) is 0. The molecule has 1 unspecified atom stereocenters. The van der Waals surface area contributed by atoms with Crippen LogP contribution in [0.3, 0.4) is 0 Å². The van der Waals surface area contributed by atoms with Crippen LogP contribution in [-0.4, -0.2) is 12.4 Å². The normalized spacial score (nSPS) is 24.9. The topological polar surface area (TPSA) is 18.5 Å². The second-order valence-electron chi connectivity index (χ2n) is 8.66. The summed E-state index contributed by atoms with van der Waals surface area (Å²) in [6.07, 6.45) is 10.6. The van der Waals surface area contributed by atoms with Crippen LogP contribution < -0.4 is 0 Å². The zero-order valence-electron chi connectivity index (χ0n) is 16.2. The molecule has 131 valence electrons. The molecule has 0 radical (unpaired) electrons. The van der Waals surface area contributed by atoms with E-state index in [0.717, 1.165) is 18.6 Å². The molecule has 2 rings (SSSR count). The van der Waals surface area contributed by atoms with E-state index >= 15 is 0 Å². The molecule has 0 fully saturated rings. The van der Waals surface area contributed by atoms with Crippen LogP contribution in [0.5, 0.6) is 0 Å². The van der Waals surface area contributed by atoms with Gasteiger partial charge in [-0.1, -0.05) is 0 Å². The number of allylic oxidation sites excluding steroid dienone is 5. The van der Waals surface area contributed by atoms with Crippen molar-refractivity contribution in [1.82, 2.24) is 0 Å². The minimum atomic E-state index is -0.701. The molecule has 2 nitrogen and oxygen atoms in total. The first kappa shape index (κ1) is 19.8. The third-order valence-electron chi connectivity index (χ3n) is 4.52. The van der Waals surface area contributed by atoms with Gasteiger partial charge in [-0.05, 0) is 0 Å². The fourth-order valence-corrected chi connectivity index (χ4v) is 3.64. The van der Waals surface area contributed by atoms with Crippen LogP contribution in [0.1, 0.15) is 61.3 Å². The predicted octanol–water partition coefficient (Wildman–Crippen LogP) is 5.80. The fraction of sp³-hybridized carbons (Fsp3) is 0.619. The van der Waals surface area contributed by atoms with E-state index in [4.69, 9.17) is 9.47 Å². The number of ether oxygens (including phenoxy) is 2. The molecule has 0 N–H and O–H groups in total. The summed E-state index contributed by atoms with van der Waals surface area (Å²) >= 11 is 2.13. The Morgan fingerprint density at radius 2 is 1.79 bits per heavy atom. The number of hydrogen-bond acceptors (Lipinski definition) is 2. The van der Waals surface area contributed by atoms with Gasteiger partial charge in [0, 0.05) is 0 Å². The maximum absolute atomic E-state index is 6.55. The van der Waals surface area contributed by atoms with E-state index in [2.05, 4.69) is 86.3 Å². The van der Waals surface area contributed by atoms with Crippen LogP contribution in [0.2, 0.25) is 0 Å². The average Bonchev–Trinajstić information content (AvgIpc) is 2.82. The molecule has 2 aliphatic rings. The predicted molar refractivity (Wildman–Crippen MR) is 95.9 cm³/mol. The Morgan fingerprint density at radius 3 is 2.25 bits per heavy atom. The molecule has 0 saturated carbocycles. The van der Waals surface area contributed by atoms with Crippen LogP contribution >= 0.6 is 0 Å². The number of rotatable bonds is 4. The van der Waals surface area contributed by atoms with Gasteiger partial charge in [-0.25, -0.2) is 0 Å². The Bertz CT molecular complexity index is 609. The summed E-state index contributed by atoms with van der Waals surface area (Å²) in [4.78, 5) is 0. The second kappa shape index (κ2) is 6.98. The van der Waals surface area contributed by atoms with E-state index in [1.54, 1.807) is 0 Å². The summed E-state index contributed by atoms with van der Waals surface area (Å²) in [6, 6.07) is 0. The van der Waals surface area contributed by atoms with Crippen LogP contribution in [0.4, 0.5) is 0 Å². The Morgan fingerprint density at radius 1 is 1.12 bits per heavy atom. The number of hydrogen-bond donors (Lipinski definition) is 0. The van der Waals surface area contributed by atoms with Crippen molar-refractivity contribution in [3.05, 3.63) is 45.1 Å². The van der Waals surface area contributed by atoms with Gasteiger partial charge in [0.1, 0.15) is 0 Å². The van der Waals surface area contributed by atoms with E-state index < -0.39 is 5.79 Å². The molecule has 0 aromatic heterocycles. The van der Waals surface area contributed by atoms with Gasteiger partial charge in [0.15, 0.2) is 0 Å². The van der Waals surface area contributed by atoms with Crippen molar-refractivity contribution in [3.63, 3.8) is 0 Å². The molecule has 0 bridgehead atoms. The van der Waals surface area contributed by atoms with Crippen LogP contribution in [-0.2, 0) is 29.9 Å². The Labute approximate surface area is 159 Å². The summed E-state index contributed by atoms with van der Waals surface area (Å²) in [5, 5.41) is 0. The first-order valence-corrected chi connectivity index (χ1v) is 9.65. The zero-order chi connectivity index (χ0) is 18.2. The SMILES string of the molecule is CCOC1(OC2=[C]([Ti])CC=C2)CC=C(C(C)(C)C)C=C1C(C)(C)C. The van der Waals surface area contributed by atoms with Crippen molar-refractivity contribution in [3.8, 4) is 0 Å². The molecule has 0 saturated heterocycles. The van der Waals surface area contributed by atoms with Crippen LogP contribution in [0.15, 0.2) is 45.1 Å². The average molecular weight is 363 g/mol. The molecule has 0 spiro atoms. The molecule has 0 amide bonds. The quantitative estimate of drug-likeness (QED) is 0.464. The molecular weight excluding hydrogens is 332 g/mol. The Kier molecular flexibility index (Phi) is 5.74. The summed E-state index contributed by atoms with van der Waals surface area (Å²) in [6.45, 7) is 16.2. The maximum atomic E-state index is 6.55. The van der Waals surface area contributed by atoms with Crippen molar-refractivity contribution in [2.45, 2.75) is 67.1 Å². The van der Waals surface area contributed by atoms with Crippen molar-refractivity contribution >= 4 is 0 Å². The molecule has 0 aliphatic heterocycles. The third kappa shape index (κ3) is 4.15. The van der Waals surface area contributed by atoms with Gasteiger partial charge < -0.3 is 0 Å². The van der Waals surface area contributed by atoms with Gasteiger partial charge in [-0.2, -0.15) is 0 Å². The fourth-order valence-electron chi connectivity index (χ4n) is 3.24. The van der Waals surface area contributed by atoms with Gasteiger partial charge in [0.25, 0.3) is 0 Å². The minimum absolute atomic E-state index is 0.0310. The molecule has 2 aliphatic carbocycles. The molecule has 1 atom stereocenters. The van der Waals surface area contributed by atoms with Crippen molar-refractivity contribution < 1.29 is 29.9 Å².